The SMILES string of the molecule is Cc1ccc(COc2ccc(Br)cc2/C=C(\C#N)C(=O)Nc2ccc(Br)cc2)cc1C. The number of halogens is 2. The fourth-order valence-electron chi connectivity index (χ4n) is 2.85. The molecule has 0 spiro atoms. The van der Waals surface area contributed by atoms with Gasteiger partial charge in [0.15, 0.2) is 0 Å². The first-order valence-corrected chi connectivity index (χ1v) is 11.1. The number of amides is 1. The molecule has 0 atom stereocenters. The summed E-state index contributed by atoms with van der Waals surface area (Å²) in [6.07, 6.45) is 1.54. The van der Waals surface area contributed by atoms with E-state index in [4.69, 9.17) is 4.74 Å². The molecule has 0 aromatic heterocycles. The van der Waals surface area contributed by atoms with Crippen LogP contribution in [-0.4, -0.2) is 5.91 Å². The molecule has 0 aliphatic carbocycles. The minimum absolute atomic E-state index is 0.0166. The van der Waals surface area contributed by atoms with E-state index in [-0.39, 0.29) is 5.57 Å². The number of anilines is 1. The topological polar surface area (TPSA) is 62.1 Å². The zero-order chi connectivity index (χ0) is 22.4. The minimum Gasteiger partial charge on any atom is -0.488 e. The standard InChI is InChI=1S/C25H20Br2N2O2/c1-16-3-4-18(11-17(16)2)15-31-24-10-7-22(27)13-19(24)12-20(14-28)25(30)29-23-8-5-21(26)6-9-23/h3-13H,15H2,1-2H3,(H,29,30)/b20-12+. The van der Waals surface area contributed by atoms with Crippen LogP contribution in [0.3, 0.4) is 0 Å². The van der Waals surface area contributed by atoms with Crippen LogP contribution < -0.4 is 10.1 Å². The van der Waals surface area contributed by atoms with Gasteiger partial charge in [0.2, 0.25) is 0 Å². The number of nitrogens with one attached hydrogen (secondary N) is 1. The van der Waals surface area contributed by atoms with Crippen LogP contribution in [-0.2, 0) is 11.4 Å². The quantitative estimate of drug-likeness (QED) is 0.272. The first-order valence-electron chi connectivity index (χ1n) is 9.53. The Hall–Kier alpha value is -2.88. The van der Waals surface area contributed by atoms with E-state index < -0.39 is 5.91 Å². The number of benzene rings is 3. The summed E-state index contributed by atoms with van der Waals surface area (Å²) in [5.74, 6) is 0.107. The largest absolute Gasteiger partial charge is 0.488 e. The van der Waals surface area contributed by atoms with Gasteiger partial charge in [-0.1, -0.05) is 50.1 Å². The lowest BCUT2D eigenvalue weighted by molar-refractivity contribution is -0.112. The zero-order valence-corrected chi connectivity index (χ0v) is 20.2. The van der Waals surface area contributed by atoms with Gasteiger partial charge in [-0.05, 0) is 79.1 Å². The highest BCUT2D eigenvalue weighted by Gasteiger charge is 2.12. The van der Waals surface area contributed by atoms with Crippen LogP contribution >= 0.6 is 31.9 Å². The predicted molar refractivity (Wildman–Crippen MR) is 131 cm³/mol. The van der Waals surface area contributed by atoms with E-state index in [1.807, 2.05) is 42.5 Å². The van der Waals surface area contributed by atoms with Crippen LogP contribution in [0.5, 0.6) is 5.75 Å². The third-order valence-corrected chi connectivity index (χ3v) is 5.73. The molecule has 0 bridgehead atoms. The fourth-order valence-corrected chi connectivity index (χ4v) is 3.50. The summed E-state index contributed by atoms with van der Waals surface area (Å²) >= 11 is 6.80. The van der Waals surface area contributed by atoms with Crippen molar-refractivity contribution in [1.29, 1.82) is 5.26 Å². The monoisotopic (exact) mass is 538 g/mol. The van der Waals surface area contributed by atoms with Gasteiger partial charge in [0.1, 0.15) is 24.0 Å². The van der Waals surface area contributed by atoms with Crippen molar-refractivity contribution in [2.24, 2.45) is 0 Å². The van der Waals surface area contributed by atoms with Crippen LogP contribution in [0.25, 0.3) is 6.08 Å². The summed E-state index contributed by atoms with van der Waals surface area (Å²) in [6.45, 7) is 4.52. The molecule has 4 nitrogen and oxygen atoms in total. The van der Waals surface area contributed by atoms with Gasteiger partial charge in [0, 0.05) is 20.2 Å². The van der Waals surface area contributed by atoms with Gasteiger partial charge in [-0.3, -0.25) is 4.79 Å². The summed E-state index contributed by atoms with van der Waals surface area (Å²) in [5, 5.41) is 12.3. The van der Waals surface area contributed by atoms with Crippen molar-refractivity contribution in [2.45, 2.75) is 20.5 Å². The lowest BCUT2D eigenvalue weighted by atomic mass is 10.1. The normalized spacial score (nSPS) is 11.0. The van der Waals surface area contributed by atoms with Crippen molar-refractivity contribution >= 4 is 49.5 Å². The molecule has 3 rings (SSSR count). The van der Waals surface area contributed by atoms with Crippen LogP contribution in [0.2, 0.25) is 0 Å². The molecule has 0 aliphatic rings. The highest BCUT2D eigenvalue weighted by molar-refractivity contribution is 9.10. The second kappa shape index (κ2) is 10.4. The summed E-state index contributed by atoms with van der Waals surface area (Å²) < 4.78 is 7.74. The van der Waals surface area contributed by atoms with Crippen molar-refractivity contribution < 1.29 is 9.53 Å². The number of hydrogen-bond donors (Lipinski definition) is 1. The predicted octanol–water partition coefficient (Wildman–Crippen LogP) is 6.95. The van der Waals surface area contributed by atoms with Crippen molar-refractivity contribution in [3.63, 3.8) is 0 Å². The second-order valence-corrected chi connectivity index (χ2v) is 8.85. The molecule has 31 heavy (non-hydrogen) atoms. The molecule has 0 aliphatic heterocycles. The molecule has 1 amide bonds. The zero-order valence-electron chi connectivity index (χ0n) is 17.1. The Labute approximate surface area is 198 Å². The van der Waals surface area contributed by atoms with Crippen LogP contribution in [0.15, 0.2) is 75.2 Å². The molecule has 3 aromatic carbocycles. The minimum atomic E-state index is -0.482. The van der Waals surface area contributed by atoms with Crippen molar-refractivity contribution in [1.82, 2.24) is 0 Å². The summed E-state index contributed by atoms with van der Waals surface area (Å²) in [6, 6.07) is 20.8. The number of aryl methyl sites for hydroxylation is 2. The highest BCUT2D eigenvalue weighted by Crippen LogP contribution is 2.27. The van der Waals surface area contributed by atoms with E-state index in [2.05, 4.69) is 63.2 Å². The van der Waals surface area contributed by atoms with E-state index in [0.717, 1.165) is 14.5 Å². The number of nitriles is 1. The number of nitrogens with zero attached hydrogens (tertiary/aromatic N) is 1. The molecule has 6 heteroatoms. The van der Waals surface area contributed by atoms with Crippen LogP contribution in [0.4, 0.5) is 5.69 Å². The van der Waals surface area contributed by atoms with E-state index in [1.165, 1.54) is 17.2 Å². The second-order valence-electron chi connectivity index (χ2n) is 7.02. The lowest BCUT2D eigenvalue weighted by Gasteiger charge is -2.12. The van der Waals surface area contributed by atoms with E-state index in [1.54, 1.807) is 12.1 Å². The number of carbonyl (C=O) groups is 1. The van der Waals surface area contributed by atoms with Gasteiger partial charge in [-0.15, -0.1) is 0 Å². The number of ether oxygens (including phenoxy) is 1. The lowest BCUT2D eigenvalue weighted by Crippen LogP contribution is -2.13. The molecule has 0 saturated carbocycles. The molecule has 3 aromatic rings. The summed E-state index contributed by atoms with van der Waals surface area (Å²) in [5.41, 5.74) is 4.71. The van der Waals surface area contributed by atoms with Gasteiger partial charge >= 0.3 is 0 Å². The van der Waals surface area contributed by atoms with E-state index in [0.29, 0.717) is 23.6 Å². The first kappa shape index (κ1) is 22.8. The summed E-state index contributed by atoms with van der Waals surface area (Å²) in [4.78, 5) is 12.6. The maximum absolute atomic E-state index is 12.6. The maximum Gasteiger partial charge on any atom is 0.266 e. The number of rotatable bonds is 6. The van der Waals surface area contributed by atoms with E-state index >= 15 is 0 Å². The van der Waals surface area contributed by atoms with Gasteiger partial charge in [0.25, 0.3) is 5.91 Å². The fraction of sp³-hybridized carbons (Fsp3) is 0.120. The molecular formula is C25H20Br2N2O2. The highest BCUT2D eigenvalue weighted by atomic mass is 79.9. The Morgan fingerprint density at radius 3 is 2.39 bits per heavy atom. The smallest absolute Gasteiger partial charge is 0.266 e. The Morgan fingerprint density at radius 2 is 1.71 bits per heavy atom. The van der Waals surface area contributed by atoms with Gasteiger partial charge in [-0.25, -0.2) is 0 Å². The Morgan fingerprint density at radius 1 is 1.00 bits per heavy atom. The molecule has 156 valence electrons. The molecule has 0 saturated heterocycles. The van der Waals surface area contributed by atoms with Crippen molar-refractivity contribution in [3.05, 3.63) is 97.4 Å². The number of carbonyl (C=O) groups excluding carboxylic acids is 1. The molecular weight excluding hydrogens is 520 g/mol. The number of hydrogen-bond acceptors (Lipinski definition) is 3. The molecule has 1 N–H and O–H groups in total. The summed E-state index contributed by atoms with van der Waals surface area (Å²) in [7, 11) is 0. The first-order chi connectivity index (χ1) is 14.9. The van der Waals surface area contributed by atoms with Crippen molar-refractivity contribution in [2.75, 3.05) is 5.32 Å². The average Bonchev–Trinajstić information content (AvgIpc) is 2.75. The molecule has 0 heterocycles. The van der Waals surface area contributed by atoms with Gasteiger partial charge in [-0.2, -0.15) is 5.26 Å². The average molecular weight is 540 g/mol. The van der Waals surface area contributed by atoms with Crippen LogP contribution in [0.1, 0.15) is 22.3 Å². The molecule has 0 fully saturated rings. The molecule has 0 unspecified atom stereocenters. The van der Waals surface area contributed by atoms with Gasteiger partial charge < -0.3 is 10.1 Å². The van der Waals surface area contributed by atoms with Crippen LogP contribution in [0, 0.1) is 25.2 Å². The third-order valence-electron chi connectivity index (χ3n) is 4.70. The van der Waals surface area contributed by atoms with Gasteiger partial charge in [0.05, 0.1) is 0 Å². The third kappa shape index (κ3) is 6.30. The Kier molecular flexibility index (Phi) is 7.67. The Balaban J connectivity index is 1.82. The van der Waals surface area contributed by atoms with Crippen molar-refractivity contribution in [3.8, 4) is 11.8 Å². The van der Waals surface area contributed by atoms with E-state index in [9.17, 15) is 10.1 Å². The Bertz CT molecular complexity index is 1180. The molecule has 0 radical (unpaired) electrons. The maximum atomic E-state index is 12.6.